The molecule has 0 aliphatic heterocycles. The van der Waals surface area contributed by atoms with Crippen LogP contribution < -0.4 is 23.9 Å². The van der Waals surface area contributed by atoms with Gasteiger partial charge in [-0.25, -0.2) is 13.8 Å². The molecular weight excluding hydrogens is 566 g/mol. The number of carbonyl (C=O) groups excluding carboxylic acids is 1. The number of ether oxygens (including phenoxy) is 3. The van der Waals surface area contributed by atoms with Crippen molar-refractivity contribution < 1.29 is 27.4 Å². The molecule has 9 nitrogen and oxygen atoms in total. The van der Waals surface area contributed by atoms with E-state index in [9.17, 15) is 13.2 Å². The maximum absolute atomic E-state index is 13.5. The van der Waals surface area contributed by atoms with E-state index in [4.69, 9.17) is 25.8 Å². The smallest absolute Gasteiger partial charge is 0.264 e. The van der Waals surface area contributed by atoms with Crippen molar-refractivity contribution in [3.05, 3.63) is 113 Å². The van der Waals surface area contributed by atoms with Crippen LogP contribution in [0.1, 0.15) is 11.1 Å². The molecule has 11 heteroatoms. The summed E-state index contributed by atoms with van der Waals surface area (Å²) in [5, 5.41) is 4.63. The van der Waals surface area contributed by atoms with Gasteiger partial charge in [-0.15, -0.1) is 0 Å². The third-order valence-corrected chi connectivity index (χ3v) is 7.87. The summed E-state index contributed by atoms with van der Waals surface area (Å²) in [6.07, 6.45) is 1.45. The van der Waals surface area contributed by atoms with Crippen molar-refractivity contribution in [3.8, 4) is 17.2 Å². The number of nitrogens with one attached hydrogen (secondary N) is 1. The second-order valence-electron chi connectivity index (χ2n) is 8.64. The maximum Gasteiger partial charge on any atom is 0.264 e. The highest BCUT2D eigenvalue weighted by Gasteiger charge is 2.28. The van der Waals surface area contributed by atoms with Crippen molar-refractivity contribution in [2.24, 2.45) is 5.10 Å². The molecule has 4 aromatic carbocycles. The number of hydrogen-bond donors (Lipinski definition) is 1. The molecule has 4 aromatic rings. The number of rotatable bonds is 12. The SMILES string of the molecule is COc1ccc(N(CC(=O)N/N=C\c2ccc(OCc3cccc(Cl)c3)cc2)S(=O)(=O)c2ccccc2)cc1OC. The zero-order chi connectivity index (χ0) is 29.2. The molecule has 0 fully saturated rings. The molecule has 0 atom stereocenters. The molecule has 0 aromatic heterocycles. The van der Waals surface area contributed by atoms with Gasteiger partial charge in [0.15, 0.2) is 11.5 Å². The summed E-state index contributed by atoms with van der Waals surface area (Å²) in [5.41, 5.74) is 4.27. The Morgan fingerprint density at radius 3 is 2.32 bits per heavy atom. The molecule has 0 aliphatic carbocycles. The Morgan fingerprint density at radius 1 is 0.902 bits per heavy atom. The summed E-state index contributed by atoms with van der Waals surface area (Å²) in [6, 6.07) is 27.0. The Kier molecular flexibility index (Phi) is 9.83. The van der Waals surface area contributed by atoms with Gasteiger partial charge in [0.2, 0.25) is 0 Å². The van der Waals surface area contributed by atoms with Crippen LogP contribution in [0.4, 0.5) is 5.69 Å². The molecule has 0 spiro atoms. The summed E-state index contributed by atoms with van der Waals surface area (Å²) in [7, 11) is -1.18. The van der Waals surface area contributed by atoms with Crippen molar-refractivity contribution in [2.75, 3.05) is 25.1 Å². The number of benzene rings is 4. The van der Waals surface area contributed by atoms with Gasteiger partial charge in [0.25, 0.3) is 15.9 Å². The molecule has 1 N–H and O–H groups in total. The van der Waals surface area contributed by atoms with E-state index in [0.717, 1.165) is 9.87 Å². The van der Waals surface area contributed by atoms with Gasteiger partial charge >= 0.3 is 0 Å². The summed E-state index contributed by atoms with van der Waals surface area (Å²) in [6.45, 7) is -0.160. The lowest BCUT2D eigenvalue weighted by Gasteiger charge is -2.24. The molecular formula is C30H28ClN3O6S. The Bertz CT molecular complexity index is 1610. The van der Waals surface area contributed by atoms with Gasteiger partial charge in [-0.3, -0.25) is 9.10 Å². The first-order valence-electron chi connectivity index (χ1n) is 12.4. The van der Waals surface area contributed by atoms with Crippen LogP contribution in [0.5, 0.6) is 17.2 Å². The van der Waals surface area contributed by atoms with E-state index < -0.39 is 22.5 Å². The van der Waals surface area contributed by atoms with E-state index in [1.807, 2.05) is 18.2 Å². The van der Waals surface area contributed by atoms with Gasteiger partial charge < -0.3 is 14.2 Å². The Hall–Kier alpha value is -4.54. The molecule has 212 valence electrons. The van der Waals surface area contributed by atoms with Crippen LogP contribution in [0.3, 0.4) is 0 Å². The third-order valence-electron chi connectivity index (χ3n) is 5.85. The van der Waals surface area contributed by atoms with Crippen molar-refractivity contribution in [1.29, 1.82) is 0 Å². The molecule has 0 heterocycles. The average Bonchev–Trinajstić information content (AvgIpc) is 2.99. The van der Waals surface area contributed by atoms with E-state index >= 15 is 0 Å². The van der Waals surface area contributed by atoms with E-state index in [1.54, 1.807) is 54.6 Å². The number of sulfonamides is 1. The summed E-state index contributed by atoms with van der Waals surface area (Å²) in [4.78, 5) is 12.9. The normalized spacial score (nSPS) is 11.2. The molecule has 0 saturated heterocycles. The van der Waals surface area contributed by atoms with Crippen molar-refractivity contribution in [3.63, 3.8) is 0 Å². The minimum absolute atomic E-state index is 0.0313. The van der Waals surface area contributed by atoms with Gasteiger partial charge in [0.05, 0.1) is 31.0 Å². The maximum atomic E-state index is 13.5. The predicted octanol–water partition coefficient (Wildman–Crippen LogP) is 5.28. The van der Waals surface area contributed by atoms with Crippen LogP contribution in [0, 0.1) is 0 Å². The van der Waals surface area contributed by atoms with E-state index in [-0.39, 0.29) is 10.6 Å². The Labute approximate surface area is 244 Å². The van der Waals surface area contributed by atoms with E-state index in [2.05, 4.69) is 10.5 Å². The van der Waals surface area contributed by atoms with Crippen molar-refractivity contribution in [2.45, 2.75) is 11.5 Å². The van der Waals surface area contributed by atoms with Crippen LogP contribution in [-0.2, 0) is 21.4 Å². The lowest BCUT2D eigenvalue weighted by molar-refractivity contribution is -0.119. The zero-order valence-electron chi connectivity index (χ0n) is 22.4. The fraction of sp³-hybridized carbons (Fsp3) is 0.133. The average molecular weight is 594 g/mol. The summed E-state index contributed by atoms with van der Waals surface area (Å²) < 4.78 is 44.4. The van der Waals surface area contributed by atoms with Gasteiger partial charge in [-0.2, -0.15) is 5.10 Å². The van der Waals surface area contributed by atoms with E-state index in [1.165, 1.54) is 44.7 Å². The highest BCUT2D eigenvalue weighted by atomic mass is 35.5. The first kappa shape index (κ1) is 29.4. The third kappa shape index (κ3) is 7.77. The number of methoxy groups -OCH3 is 2. The molecule has 1 amide bonds. The van der Waals surface area contributed by atoms with Gasteiger partial charge in [-0.1, -0.05) is 41.9 Å². The van der Waals surface area contributed by atoms with Crippen molar-refractivity contribution >= 4 is 39.4 Å². The Morgan fingerprint density at radius 2 is 1.63 bits per heavy atom. The van der Waals surface area contributed by atoms with Crippen LogP contribution >= 0.6 is 11.6 Å². The number of amides is 1. The van der Waals surface area contributed by atoms with Crippen LogP contribution in [0.2, 0.25) is 5.02 Å². The summed E-state index contributed by atoms with van der Waals surface area (Å²) in [5.74, 6) is 0.750. The monoisotopic (exact) mass is 593 g/mol. The molecule has 0 saturated carbocycles. The highest BCUT2D eigenvalue weighted by Crippen LogP contribution is 2.33. The molecule has 0 radical (unpaired) electrons. The second kappa shape index (κ2) is 13.7. The number of hydrazone groups is 1. The van der Waals surface area contributed by atoms with Gasteiger partial charge in [0, 0.05) is 11.1 Å². The number of nitrogens with zero attached hydrogens (tertiary/aromatic N) is 2. The van der Waals surface area contributed by atoms with Gasteiger partial charge in [0.1, 0.15) is 18.9 Å². The summed E-state index contributed by atoms with van der Waals surface area (Å²) >= 11 is 6.01. The van der Waals surface area contributed by atoms with E-state index in [0.29, 0.717) is 34.4 Å². The number of carbonyl (C=O) groups is 1. The molecule has 4 rings (SSSR count). The number of halogens is 1. The van der Waals surface area contributed by atoms with Gasteiger partial charge in [-0.05, 0) is 71.8 Å². The first-order chi connectivity index (χ1) is 19.8. The topological polar surface area (TPSA) is 107 Å². The lowest BCUT2D eigenvalue weighted by Crippen LogP contribution is -2.39. The highest BCUT2D eigenvalue weighted by molar-refractivity contribution is 7.92. The fourth-order valence-corrected chi connectivity index (χ4v) is 5.45. The molecule has 0 bridgehead atoms. The lowest BCUT2D eigenvalue weighted by atomic mass is 10.2. The van der Waals surface area contributed by atoms with Crippen molar-refractivity contribution in [1.82, 2.24) is 5.43 Å². The second-order valence-corrected chi connectivity index (χ2v) is 10.9. The zero-order valence-corrected chi connectivity index (χ0v) is 23.9. The quantitative estimate of drug-likeness (QED) is 0.177. The van der Waals surface area contributed by atoms with Crippen LogP contribution in [0.15, 0.2) is 107 Å². The minimum atomic E-state index is -4.10. The number of hydrogen-bond acceptors (Lipinski definition) is 7. The standard InChI is InChI=1S/C30H28ClN3O6S/c1-38-28-16-13-25(18-29(28)39-2)34(41(36,37)27-9-4-3-5-10-27)20-30(35)33-32-19-22-11-14-26(15-12-22)40-21-23-7-6-8-24(31)17-23/h3-19H,20-21H2,1-2H3,(H,33,35)/b32-19-. The predicted molar refractivity (Wildman–Crippen MR) is 158 cm³/mol. The Balaban J connectivity index is 1.44. The first-order valence-corrected chi connectivity index (χ1v) is 14.2. The fourth-order valence-electron chi connectivity index (χ4n) is 3.80. The minimum Gasteiger partial charge on any atom is -0.493 e. The molecule has 0 aliphatic rings. The number of anilines is 1. The van der Waals surface area contributed by atoms with Crippen LogP contribution in [0.25, 0.3) is 0 Å². The van der Waals surface area contributed by atoms with Crippen LogP contribution in [-0.4, -0.2) is 41.3 Å². The largest absolute Gasteiger partial charge is 0.493 e. The molecule has 0 unspecified atom stereocenters. The molecule has 41 heavy (non-hydrogen) atoms.